The van der Waals surface area contributed by atoms with Crippen molar-refractivity contribution < 1.29 is 0 Å². The first-order valence-electron chi connectivity index (χ1n) is 16.4. The number of hydrogen-bond donors (Lipinski definition) is 0. The lowest BCUT2D eigenvalue weighted by atomic mass is 10.0. The molecule has 0 fully saturated rings. The lowest BCUT2D eigenvalue weighted by molar-refractivity contribution is 1.18. The zero-order chi connectivity index (χ0) is 32.3. The van der Waals surface area contributed by atoms with E-state index in [0.717, 1.165) is 66.9 Å². The molecule has 5 heteroatoms. The van der Waals surface area contributed by atoms with Crippen LogP contribution >= 0.6 is 0 Å². The fourth-order valence-electron chi connectivity index (χ4n) is 6.90. The van der Waals surface area contributed by atoms with E-state index in [1.54, 1.807) is 0 Å². The van der Waals surface area contributed by atoms with E-state index in [2.05, 4.69) is 138 Å². The SMILES string of the molecule is c1ccc2cc(-c3cc(-c4ccc5ccccc5c4)nc(-c4ccc(-c5nc6ccccc6c6nc7ccccn7c56)cc4)n3)ccc2c1. The Morgan fingerprint density at radius 2 is 0.980 bits per heavy atom. The smallest absolute Gasteiger partial charge is 0.160 e. The van der Waals surface area contributed by atoms with E-state index in [0.29, 0.717) is 5.82 Å². The van der Waals surface area contributed by atoms with E-state index in [1.807, 2.05) is 30.3 Å². The number of nitrogens with zero attached hydrogens (tertiary/aromatic N) is 5. The normalized spacial score (nSPS) is 11.7. The minimum Gasteiger partial charge on any atom is -0.298 e. The average Bonchev–Trinajstić information content (AvgIpc) is 3.57. The summed E-state index contributed by atoms with van der Waals surface area (Å²) in [4.78, 5) is 20.5. The molecule has 0 N–H and O–H groups in total. The molecule has 4 heterocycles. The third-order valence-electron chi connectivity index (χ3n) is 9.38. The van der Waals surface area contributed by atoms with Gasteiger partial charge in [0.1, 0.15) is 11.2 Å². The molecule has 49 heavy (non-hydrogen) atoms. The molecule has 0 amide bonds. The highest BCUT2D eigenvalue weighted by atomic mass is 15.0. The van der Waals surface area contributed by atoms with Gasteiger partial charge in [0.05, 0.1) is 28.1 Å². The summed E-state index contributed by atoms with van der Waals surface area (Å²) in [5, 5.41) is 5.81. The lowest BCUT2D eigenvalue weighted by Crippen LogP contribution is -1.96. The molecule has 0 saturated heterocycles. The maximum Gasteiger partial charge on any atom is 0.160 e. The Balaban J connectivity index is 1.14. The van der Waals surface area contributed by atoms with E-state index in [9.17, 15) is 0 Å². The summed E-state index contributed by atoms with van der Waals surface area (Å²) < 4.78 is 2.13. The second-order valence-electron chi connectivity index (χ2n) is 12.4. The van der Waals surface area contributed by atoms with Gasteiger partial charge in [0, 0.05) is 33.8 Å². The molecule has 0 aliphatic carbocycles. The maximum absolute atomic E-state index is 5.16. The highest BCUT2D eigenvalue weighted by molar-refractivity contribution is 6.09. The average molecular weight is 626 g/mol. The van der Waals surface area contributed by atoms with Gasteiger partial charge in [0.15, 0.2) is 5.82 Å². The molecule has 10 aromatic rings. The molecule has 4 aromatic heterocycles. The predicted molar refractivity (Wildman–Crippen MR) is 200 cm³/mol. The molecule has 0 bridgehead atoms. The van der Waals surface area contributed by atoms with Crippen molar-refractivity contribution in [2.75, 3.05) is 0 Å². The van der Waals surface area contributed by atoms with Crippen molar-refractivity contribution in [2.24, 2.45) is 0 Å². The van der Waals surface area contributed by atoms with E-state index >= 15 is 0 Å². The van der Waals surface area contributed by atoms with Crippen LogP contribution in [0.25, 0.3) is 94.3 Å². The van der Waals surface area contributed by atoms with Crippen molar-refractivity contribution in [2.45, 2.75) is 0 Å². The number of fused-ring (bicyclic) bond motifs is 7. The van der Waals surface area contributed by atoms with Gasteiger partial charge < -0.3 is 0 Å². The Morgan fingerprint density at radius 1 is 0.408 bits per heavy atom. The van der Waals surface area contributed by atoms with Crippen LogP contribution in [0.15, 0.2) is 164 Å². The van der Waals surface area contributed by atoms with Crippen molar-refractivity contribution in [3.63, 3.8) is 0 Å². The number of benzene rings is 6. The van der Waals surface area contributed by atoms with Gasteiger partial charge in [-0.05, 0) is 57.9 Å². The van der Waals surface area contributed by atoms with Crippen molar-refractivity contribution >= 4 is 49.1 Å². The summed E-state index contributed by atoms with van der Waals surface area (Å²) >= 11 is 0. The zero-order valence-electron chi connectivity index (χ0n) is 26.3. The van der Waals surface area contributed by atoms with E-state index in [4.69, 9.17) is 19.9 Å². The van der Waals surface area contributed by atoms with E-state index in [1.165, 1.54) is 21.5 Å². The molecule has 228 valence electrons. The van der Waals surface area contributed by atoms with Crippen molar-refractivity contribution in [1.29, 1.82) is 0 Å². The number of pyridine rings is 2. The minimum absolute atomic E-state index is 0.673. The van der Waals surface area contributed by atoms with Gasteiger partial charge >= 0.3 is 0 Å². The molecular formula is C44H27N5. The van der Waals surface area contributed by atoms with Crippen LogP contribution in [0.5, 0.6) is 0 Å². The molecule has 5 nitrogen and oxygen atoms in total. The van der Waals surface area contributed by atoms with Crippen LogP contribution < -0.4 is 0 Å². The summed E-state index contributed by atoms with van der Waals surface area (Å²) in [7, 11) is 0. The first-order valence-corrected chi connectivity index (χ1v) is 16.4. The van der Waals surface area contributed by atoms with Gasteiger partial charge in [-0.2, -0.15) is 0 Å². The number of hydrogen-bond acceptors (Lipinski definition) is 4. The van der Waals surface area contributed by atoms with Crippen LogP contribution in [0.3, 0.4) is 0 Å². The Morgan fingerprint density at radius 3 is 1.67 bits per heavy atom. The molecule has 10 rings (SSSR count). The summed E-state index contributed by atoms with van der Waals surface area (Å²) in [5.41, 5.74) is 10.5. The van der Waals surface area contributed by atoms with Crippen molar-refractivity contribution in [3.8, 4) is 45.2 Å². The molecule has 0 saturated carbocycles. The lowest BCUT2D eigenvalue weighted by Gasteiger charge is -2.12. The van der Waals surface area contributed by atoms with Crippen molar-refractivity contribution in [3.05, 3.63) is 164 Å². The summed E-state index contributed by atoms with van der Waals surface area (Å²) in [6, 6.07) is 54.7. The fraction of sp³-hybridized carbons (Fsp3) is 0. The van der Waals surface area contributed by atoms with Crippen LogP contribution in [0.1, 0.15) is 0 Å². The van der Waals surface area contributed by atoms with Gasteiger partial charge in [-0.15, -0.1) is 0 Å². The van der Waals surface area contributed by atoms with Gasteiger partial charge in [0.2, 0.25) is 0 Å². The molecular weight excluding hydrogens is 599 g/mol. The first-order chi connectivity index (χ1) is 24.2. The van der Waals surface area contributed by atoms with E-state index < -0.39 is 0 Å². The van der Waals surface area contributed by atoms with E-state index in [-0.39, 0.29) is 0 Å². The molecule has 0 aliphatic rings. The Labute approximate surface area is 281 Å². The Bertz CT molecular complexity index is 2790. The highest BCUT2D eigenvalue weighted by Crippen LogP contribution is 2.35. The van der Waals surface area contributed by atoms with Crippen molar-refractivity contribution in [1.82, 2.24) is 24.3 Å². The van der Waals surface area contributed by atoms with Gasteiger partial charge in [-0.3, -0.25) is 4.40 Å². The Hall–Kier alpha value is -6.72. The highest BCUT2D eigenvalue weighted by Gasteiger charge is 2.17. The summed E-state index contributed by atoms with van der Waals surface area (Å²) in [6.45, 7) is 0. The quantitative estimate of drug-likeness (QED) is 0.195. The van der Waals surface area contributed by atoms with Gasteiger partial charge in [-0.25, -0.2) is 19.9 Å². The number of imidazole rings is 1. The summed E-state index contributed by atoms with van der Waals surface area (Å²) in [5.74, 6) is 0.673. The predicted octanol–water partition coefficient (Wildman–Crippen LogP) is 10.8. The molecule has 0 aliphatic heterocycles. The van der Waals surface area contributed by atoms with Crippen LogP contribution in [-0.4, -0.2) is 24.3 Å². The molecule has 0 radical (unpaired) electrons. The largest absolute Gasteiger partial charge is 0.298 e. The van der Waals surface area contributed by atoms with Crippen LogP contribution in [0.4, 0.5) is 0 Å². The third-order valence-corrected chi connectivity index (χ3v) is 9.38. The van der Waals surface area contributed by atoms with Crippen LogP contribution in [0.2, 0.25) is 0 Å². The number of aromatic nitrogens is 5. The zero-order valence-corrected chi connectivity index (χ0v) is 26.3. The van der Waals surface area contributed by atoms with Gasteiger partial charge in [-0.1, -0.05) is 121 Å². The topological polar surface area (TPSA) is 56.0 Å². The second kappa shape index (κ2) is 10.9. The molecule has 0 unspecified atom stereocenters. The first kappa shape index (κ1) is 27.4. The second-order valence-corrected chi connectivity index (χ2v) is 12.4. The maximum atomic E-state index is 5.16. The molecule has 0 atom stereocenters. The van der Waals surface area contributed by atoms with Crippen LogP contribution in [0, 0.1) is 0 Å². The van der Waals surface area contributed by atoms with Gasteiger partial charge in [0.25, 0.3) is 0 Å². The number of rotatable bonds is 4. The standard InChI is InChI=1S/C44H27N5/c1-3-11-32-25-34(22-16-28(32)9-1)38-27-39(35-23-17-29-10-2-4-12-33(29)26-35)47-44(46-38)31-20-18-30(19-21-31)41-43-42(36-13-5-6-14-37(36)45-41)48-40-15-7-8-24-49(40)43/h1-27H. The van der Waals surface area contributed by atoms with Crippen LogP contribution in [-0.2, 0) is 0 Å². The summed E-state index contributed by atoms with van der Waals surface area (Å²) in [6.07, 6.45) is 2.05. The monoisotopic (exact) mass is 625 g/mol. The Kier molecular flexibility index (Phi) is 6.11. The molecule has 6 aromatic carbocycles. The fourth-order valence-corrected chi connectivity index (χ4v) is 6.90. The molecule has 0 spiro atoms. The third kappa shape index (κ3) is 4.63. The minimum atomic E-state index is 0.673. The number of para-hydroxylation sites is 1.